The maximum absolute atomic E-state index is 12.6. The molecule has 6 heteroatoms. The Kier molecular flexibility index (Phi) is 4.69. The second kappa shape index (κ2) is 6.13. The first-order valence-corrected chi connectivity index (χ1v) is 8.46. The third kappa shape index (κ3) is 3.14. The normalized spacial score (nSPS) is 21.1. The lowest BCUT2D eigenvalue weighted by molar-refractivity contribution is 0.417. The molecule has 0 radical (unpaired) electrons. The third-order valence-corrected chi connectivity index (χ3v) is 5.88. The highest BCUT2D eigenvalue weighted by molar-refractivity contribution is 7.89. The van der Waals surface area contributed by atoms with Crippen LogP contribution < -0.4 is 0 Å². The van der Waals surface area contributed by atoms with E-state index in [-0.39, 0.29) is 15.5 Å². The van der Waals surface area contributed by atoms with Crippen molar-refractivity contribution in [2.75, 3.05) is 13.1 Å². The molecule has 0 spiro atoms. The van der Waals surface area contributed by atoms with Crippen LogP contribution >= 0.6 is 11.6 Å². The molecular weight excluding hydrogens is 296 g/mol. The average Bonchev–Trinajstić information content (AvgIpc) is 2.63. The van der Waals surface area contributed by atoms with Crippen molar-refractivity contribution in [3.8, 4) is 6.07 Å². The van der Waals surface area contributed by atoms with Crippen LogP contribution in [0, 0.1) is 17.2 Å². The second-order valence-corrected chi connectivity index (χ2v) is 7.54. The Balaban J connectivity index is 2.30. The van der Waals surface area contributed by atoms with Gasteiger partial charge in [0.05, 0.1) is 15.5 Å². The van der Waals surface area contributed by atoms with Gasteiger partial charge >= 0.3 is 0 Å². The Morgan fingerprint density at radius 2 is 2.10 bits per heavy atom. The zero-order valence-electron chi connectivity index (χ0n) is 11.3. The van der Waals surface area contributed by atoms with Gasteiger partial charge in [0.25, 0.3) is 0 Å². The van der Waals surface area contributed by atoms with E-state index in [2.05, 4.69) is 6.92 Å². The van der Waals surface area contributed by atoms with Gasteiger partial charge in [-0.05, 0) is 43.4 Å². The highest BCUT2D eigenvalue weighted by Crippen LogP contribution is 2.26. The summed E-state index contributed by atoms with van der Waals surface area (Å²) in [6, 6.07) is 6.20. The highest BCUT2D eigenvalue weighted by Gasteiger charge is 2.27. The predicted molar refractivity (Wildman–Crippen MR) is 77.9 cm³/mol. The minimum atomic E-state index is -3.52. The van der Waals surface area contributed by atoms with E-state index in [1.54, 1.807) is 0 Å². The summed E-state index contributed by atoms with van der Waals surface area (Å²) in [5.41, 5.74) is 0.287. The predicted octanol–water partition coefficient (Wildman–Crippen LogP) is 3.02. The molecule has 1 aliphatic heterocycles. The van der Waals surface area contributed by atoms with Crippen molar-refractivity contribution in [2.24, 2.45) is 5.92 Å². The van der Waals surface area contributed by atoms with Gasteiger partial charge in [-0.2, -0.15) is 9.57 Å². The average molecular weight is 313 g/mol. The van der Waals surface area contributed by atoms with Gasteiger partial charge in [-0.3, -0.25) is 0 Å². The van der Waals surface area contributed by atoms with Gasteiger partial charge in [0.1, 0.15) is 6.07 Å². The number of nitriles is 1. The number of hydrogen-bond acceptors (Lipinski definition) is 3. The van der Waals surface area contributed by atoms with Crippen molar-refractivity contribution in [1.82, 2.24) is 4.31 Å². The Hall–Kier alpha value is -1.09. The summed E-state index contributed by atoms with van der Waals surface area (Å²) < 4.78 is 26.7. The molecule has 108 valence electrons. The molecule has 2 rings (SSSR count). The molecule has 0 aliphatic carbocycles. The van der Waals surface area contributed by atoms with Crippen LogP contribution in [-0.2, 0) is 10.0 Å². The molecule has 1 aromatic carbocycles. The van der Waals surface area contributed by atoms with Crippen molar-refractivity contribution in [3.05, 3.63) is 28.8 Å². The molecule has 0 aromatic heterocycles. The standard InChI is InChI=1S/C14H17ClN2O2S/c1-11-3-2-7-17(8-6-11)20(18,19)13-5-4-12(10-16)14(15)9-13/h4-5,9,11H,2-3,6-8H2,1H3. The summed E-state index contributed by atoms with van der Waals surface area (Å²) in [6.45, 7) is 3.24. The number of benzene rings is 1. The first-order valence-electron chi connectivity index (χ1n) is 6.65. The SMILES string of the molecule is CC1CCCN(S(=O)(=O)c2ccc(C#N)c(Cl)c2)CC1. The Bertz CT molecular complexity index is 637. The monoisotopic (exact) mass is 312 g/mol. The van der Waals surface area contributed by atoms with Crippen LogP contribution in [0.4, 0.5) is 0 Å². The molecule has 0 bridgehead atoms. The molecule has 0 N–H and O–H groups in total. The zero-order chi connectivity index (χ0) is 14.8. The van der Waals surface area contributed by atoms with E-state index in [9.17, 15) is 8.42 Å². The molecule has 1 unspecified atom stereocenters. The van der Waals surface area contributed by atoms with Crippen molar-refractivity contribution < 1.29 is 8.42 Å². The molecule has 20 heavy (non-hydrogen) atoms. The number of nitrogens with zero attached hydrogens (tertiary/aromatic N) is 2. The van der Waals surface area contributed by atoms with Crippen molar-refractivity contribution in [2.45, 2.75) is 31.1 Å². The van der Waals surface area contributed by atoms with Crippen LogP contribution in [0.2, 0.25) is 5.02 Å². The fraction of sp³-hybridized carbons (Fsp3) is 0.500. The first kappa shape index (κ1) is 15.3. The van der Waals surface area contributed by atoms with Gasteiger partial charge in [0, 0.05) is 13.1 Å². The van der Waals surface area contributed by atoms with Crippen molar-refractivity contribution >= 4 is 21.6 Å². The van der Waals surface area contributed by atoms with E-state index in [0.717, 1.165) is 19.3 Å². The lowest BCUT2D eigenvalue weighted by Crippen LogP contribution is -2.32. The van der Waals surface area contributed by atoms with Crippen molar-refractivity contribution in [3.63, 3.8) is 0 Å². The fourth-order valence-electron chi connectivity index (χ4n) is 2.37. The second-order valence-electron chi connectivity index (χ2n) is 5.19. The van der Waals surface area contributed by atoms with Crippen LogP contribution in [0.1, 0.15) is 31.7 Å². The number of halogens is 1. The van der Waals surface area contributed by atoms with Crippen LogP contribution in [0.25, 0.3) is 0 Å². The van der Waals surface area contributed by atoms with Crippen molar-refractivity contribution in [1.29, 1.82) is 5.26 Å². The molecule has 1 aromatic rings. The van der Waals surface area contributed by atoms with Gasteiger partial charge in [-0.25, -0.2) is 8.42 Å². The molecule has 1 saturated heterocycles. The van der Waals surface area contributed by atoms with Gasteiger partial charge < -0.3 is 0 Å². The molecule has 1 heterocycles. The van der Waals surface area contributed by atoms with E-state index < -0.39 is 10.0 Å². The van der Waals surface area contributed by atoms with Gasteiger partial charge in [0.15, 0.2) is 0 Å². The summed E-state index contributed by atoms with van der Waals surface area (Å²) in [4.78, 5) is 0.163. The van der Waals surface area contributed by atoms with E-state index in [1.165, 1.54) is 22.5 Å². The molecule has 4 nitrogen and oxygen atoms in total. The van der Waals surface area contributed by atoms with Crippen LogP contribution in [0.15, 0.2) is 23.1 Å². The number of hydrogen-bond donors (Lipinski definition) is 0. The maximum Gasteiger partial charge on any atom is 0.243 e. The van der Waals surface area contributed by atoms with Crippen LogP contribution in [-0.4, -0.2) is 25.8 Å². The summed E-state index contributed by atoms with van der Waals surface area (Å²) in [5, 5.41) is 9.01. The zero-order valence-corrected chi connectivity index (χ0v) is 12.9. The van der Waals surface area contributed by atoms with Crippen LogP contribution in [0.3, 0.4) is 0 Å². The number of sulfonamides is 1. The smallest absolute Gasteiger partial charge is 0.207 e. The third-order valence-electron chi connectivity index (χ3n) is 3.67. The van der Waals surface area contributed by atoms with Gasteiger partial charge in [0.2, 0.25) is 10.0 Å². The molecular formula is C14H17ClN2O2S. The molecule has 1 atom stereocenters. The van der Waals surface area contributed by atoms with Crippen LogP contribution in [0.5, 0.6) is 0 Å². The fourth-order valence-corrected chi connectivity index (χ4v) is 4.18. The summed E-state index contributed by atoms with van der Waals surface area (Å²) in [5.74, 6) is 0.555. The van der Waals surface area contributed by atoms with Gasteiger partial charge in [-0.1, -0.05) is 18.5 Å². The number of rotatable bonds is 2. The minimum absolute atomic E-state index is 0.163. The van der Waals surface area contributed by atoms with E-state index in [4.69, 9.17) is 16.9 Å². The van der Waals surface area contributed by atoms with Gasteiger partial charge in [-0.15, -0.1) is 0 Å². The Morgan fingerprint density at radius 1 is 1.35 bits per heavy atom. The molecule has 0 amide bonds. The maximum atomic E-state index is 12.6. The van der Waals surface area contributed by atoms with E-state index in [0.29, 0.717) is 19.0 Å². The lowest BCUT2D eigenvalue weighted by Gasteiger charge is -2.20. The minimum Gasteiger partial charge on any atom is -0.207 e. The highest BCUT2D eigenvalue weighted by atomic mass is 35.5. The Labute approximate surface area is 125 Å². The first-order chi connectivity index (χ1) is 9.45. The summed E-state index contributed by atoms with van der Waals surface area (Å²) in [7, 11) is -3.52. The lowest BCUT2D eigenvalue weighted by atomic mass is 10.0. The van der Waals surface area contributed by atoms with E-state index in [1.807, 2.05) is 6.07 Å². The largest absolute Gasteiger partial charge is 0.243 e. The molecule has 1 aliphatic rings. The summed E-state index contributed by atoms with van der Waals surface area (Å²) >= 11 is 5.92. The van der Waals surface area contributed by atoms with E-state index >= 15 is 0 Å². The molecule has 1 fully saturated rings. The topological polar surface area (TPSA) is 61.2 Å². The summed E-state index contributed by atoms with van der Waals surface area (Å²) in [6.07, 6.45) is 2.81. The molecule has 0 saturated carbocycles. The quantitative estimate of drug-likeness (QED) is 0.843. The Morgan fingerprint density at radius 3 is 2.75 bits per heavy atom.